The first-order valence-electron chi connectivity index (χ1n) is 29.8. The van der Waals surface area contributed by atoms with Gasteiger partial charge < -0.3 is 18.3 Å². The molecule has 0 unspecified atom stereocenters. The molecule has 0 N–H and O–H groups in total. The number of hydrogen-bond acceptors (Lipinski definition) is 4. The van der Waals surface area contributed by atoms with E-state index in [1.165, 1.54) is 43.1 Å². The summed E-state index contributed by atoms with van der Waals surface area (Å²) in [6, 6.07) is 100. The summed E-state index contributed by atoms with van der Waals surface area (Å²) in [6.07, 6.45) is 7.82. The van der Waals surface area contributed by atoms with Crippen LogP contribution >= 0.6 is 0 Å². The third-order valence-corrected chi connectivity index (χ3v) is 17.8. The van der Waals surface area contributed by atoms with Gasteiger partial charge in [0, 0.05) is 95.7 Å². The lowest BCUT2D eigenvalue weighted by molar-refractivity contribution is 1.13. The Morgan fingerprint density at radius 3 is 0.795 bits per heavy atom. The third kappa shape index (κ3) is 7.59. The minimum Gasteiger partial charge on any atom is -0.309 e. The van der Waals surface area contributed by atoms with Gasteiger partial charge in [-0.05, 0) is 102 Å². The van der Waals surface area contributed by atoms with Gasteiger partial charge in [-0.15, -0.1) is 0 Å². The van der Waals surface area contributed by atoms with Crippen molar-refractivity contribution in [3.8, 4) is 78.9 Å². The number of fused-ring (bicyclic) bond motifs is 12. The van der Waals surface area contributed by atoms with Crippen LogP contribution in [0.1, 0.15) is 0 Å². The zero-order valence-corrected chi connectivity index (χ0v) is 47.4. The predicted octanol–water partition coefficient (Wildman–Crippen LogP) is 20.0. The van der Waals surface area contributed by atoms with Gasteiger partial charge in [-0.25, -0.2) is 9.97 Å². The number of hydrogen-bond donors (Lipinski definition) is 0. The fraction of sp³-hybridized carbons (Fsp3) is 0. The molecule has 7 aromatic heterocycles. The molecule has 0 aliphatic heterocycles. The average molecular weight is 1120 g/mol. The summed E-state index contributed by atoms with van der Waals surface area (Å²) in [6.45, 7) is 0. The van der Waals surface area contributed by atoms with E-state index < -0.39 is 0 Å². The first kappa shape index (κ1) is 49.4. The number of pyridine rings is 2. The molecule has 11 aromatic carbocycles. The molecule has 18 aromatic rings. The number of aromatic nitrogens is 8. The van der Waals surface area contributed by atoms with E-state index in [1.807, 2.05) is 30.9 Å². The van der Waals surface area contributed by atoms with E-state index in [0.717, 1.165) is 117 Å². The standard InChI is InChI=1S/C80H50N8/c1-2-20-51(21-3-1)80-83-66(62-46-52(38-40-76(62)85-68-30-12-4-22-54(68)55-23-5-13-31-69(55)85)64-49-81-44-42-78(64)87-72-34-16-8-26-58(72)59-27-9-17-35-73(59)87)48-67(84-80)63-47-53(39-41-77(63)86-70-32-14-6-24-56(70)57-25-7-15-33-71(57)86)65-50-82-45-43-79(65)88-74-36-18-10-28-60(74)61-29-11-19-37-75(61)88/h1-50H. The summed E-state index contributed by atoms with van der Waals surface area (Å²) in [4.78, 5) is 21.2. The van der Waals surface area contributed by atoms with E-state index in [1.54, 1.807) is 0 Å². The molecule has 7 heterocycles. The Morgan fingerprint density at radius 2 is 0.489 bits per heavy atom. The van der Waals surface area contributed by atoms with Crippen molar-refractivity contribution in [1.82, 2.24) is 38.2 Å². The maximum absolute atomic E-state index is 5.73. The summed E-state index contributed by atoms with van der Waals surface area (Å²) < 4.78 is 9.59. The van der Waals surface area contributed by atoms with Crippen molar-refractivity contribution in [2.45, 2.75) is 0 Å². The van der Waals surface area contributed by atoms with Gasteiger partial charge in [0.2, 0.25) is 0 Å². The van der Waals surface area contributed by atoms with Gasteiger partial charge in [0.1, 0.15) is 0 Å². The molecule has 0 fully saturated rings. The predicted molar refractivity (Wildman–Crippen MR) is 362 cm³/mol. The maximum atomic E-state index is 5.73. The highest BCUT2D eigenvalue weighted by Gasteiger charge is 2.25. The van der Waals surface area contributed by atoms with Crippen LogP contribution in [0.3, 0.4) is 0 Å². The lowest BCUT2D eigenvalue weighted by atomic mass is 9.96. The SMILES string of the molecule is c1ccc(-c2nc(-c3cc(-c4cnccc4-n4c5ccccc5c5ccccc54)ccc3-n3c4ccccc4c4ccccc43)cc(-c3cc(-c4cnccc4-n4c5ccccc5c5ccccc54)ccc3-n3c4ccccc4c4ccccc43)n2)cc1. The van der Waals surface area contributed by atoms with Crippen molar-refractivity contribution in [1.29, 1.82) is 0 Å². The summed E-state index contributed by atoms with van der Waals surface area (Å²) in [5.74, 6) is 0.602. The molecule has 0 amide bonds. The molecule has 8 nitrogen and oxygen atoms in total. The van der Waals surface area contributed by atoms with Crippen molar-refractivity contribution in [2.24, 2.45) is 0 Å². The molecule has 0 bridgehead atoms. The van der Waals surface area contributed by atoms with Gasteiger partial charge in [0.25, 0.3) is 0 Å². The van der Waals surface area contributed by atoms with E-state index >= 15 is 0 Å². The van der Waals surface area contributed by atoms with Crippen LogP contribution in [0.25, 0.3) is 166 Å². The Labute approximate surface area is 505 Å². The fourth-order valence-electron chi connectivity index (χ4n) is 14.0. The quantitative estimate of drug-likeness (QED) is 0.144. The molecule has 0 radical (unpaired) electrons. The number of nitrogens with zero attached hydrogens (tertiary/aromatic N) is 8. The Hall–Kier alpha value is -12.0. The molecule has 0 atom stereocenters. The summed E-state index contributed by atoms with van der Waals surface area (Å²) in [5.41, 5.74) is 21.1. The largest absolute Gasteiger partial charge is 0.309 e. The zero-order valence-electron chi connectivity index (χ0n) is 47.4. The van der Waals surface area contributed by atoms with Crippen LogP contribution in [-0.2, 0) is 0 Å². The molecule has 0 aliphatic carbocycles. The smallest absolute Gasteiger partial charge is 0.160 e. The Bertz CT molecular complexity index is 5290. The number of rotatable bonds is 9. The van der Waals surface area contributed by atoms with Gasteiger partial charge in [0.15, 0.2) is 5.82 Å². The lowest BCUT2D eigenvalue weighted by Crippen LogP contribution is -2.04. The second-order valence-electron chi connectivity index (χ2n) is 22.6. The van der Waals surface area contributed by atoms with Gasteiger partial charge in [-0.2, -0.15) is 0 Å². The van der Waals surface area contributed by atoms with E-state index in [2.05, 4.69) is 291 Å². The summed E-state index contributed by atoms with van der Waals surface area (Å²) in [5, 5.41) is 9.47. The molecule has 0 saturated carbocycles. The molecule has 8 heteroatoms. The van der Waals surface area contributed by atoms with E-state index in [9.17, 15) is 0 Å². The van der Waals surface area contributed by atoms with Crippen molar-refractivity contribution in [2.75, 3.05) is 0 Å². The van der Waals surface area contributed by atoms with Gasteiger partial charge in [-0.3, -0.25) is 9.97 Å². The highest BCUT2D eigenvalue weighted by atomic mass is 15.0. The maximum Gasteiger partial charge on any atom is 0.160 e. The summed E-state index contributed by atoms with van der Waals surface area (Å²) in [7, 11) is 0. The van der Waals surface area contributed by atoms with Crippen LogP contribution in [0.2, 0.25) is 0 Å². The topological polar surface area (TPSA) is 71.3 Å². The minimum absolute atomic E-state index is 0.602. The monoisotopic (exact) mass is 1120 g/mol. The van der Waals surface area contributed by atoms with Crippen LogP contribution in [0, 0.1) is 0 Å². The lowest BCUT2D eigenvalue weighted by Gasteiger charge is -2.20. The Balaban J connectivity index is 0.937. The highest BCUT2D eigenvalue weighted by Crippen LogP contribution is 2.45. The molecular weight excluding hydrogens is 1070 g/mol. The molecule has 0 saturated heterocycles. The summed E-state index contributed by atoms with van der Waals surface area (Å²) >= 11 is 0. The molecule has 410 valence electrons. The van der Waals surface area contributed by atoms with Crippen molar-refractivity contribution < 1.29 is 0 Å². The first-order chi connectivity index (χ1) is 43.7. The Morgan fingerprint density at radius 1 is 0.216 bits per heavy atom. The molecule has 0 spiro atoms. The molecular formula is C80H50N8. The minimum atomic E-state index is 0.602. The van der Waals surface area contributed by atoms with Crippen LogP contribution in [-0.4, -0.2) is 38.2 Å². The zero-order chi connectivity index (χ0) is 57.8. The molecule has 18 rings (SSSR count). The van der Waals surface area contributed by atoms with E-state index in [-0.39, 0.29) is 0 Å². The number of para-hydroxylation sites is 8. The average Bonchev–Trinajstić information content (AvgIpc) is 2.14. The van der Waals surface area contributed by atoms with Crippen LogP contribution in [0.15, 0.2) is 304 Å². The Kier molecular flexibility index (Phi) is 11.1. The second kappa shape index (κ2) is 19.8. The first-order valence-corrected chi connectivity index (χ1v) is 29.8. The van der Waals surface area contributed by atoms with Gasteiger partial charge in [0.05, 0.1) is 78.3 Å². The van der Waals surface area contributed by atoms with Crippen molar-refractivity contribution in [3.63, 3.8) is 0 Å². The van der Waals surface area contributed by atoms with Gasteiger partial charge >= 0.3 is 0 Å². The highest BCUT2D eigenvalue weighted by molar-refractivity contribution is 6.13. The molecule has 0 aliphatic rings. The van der Waals surface area contributed by atoms with Crippen LogP contribution in [0.5, 0.6) is 0 Å². The van der Waals surface area contributed by atoms with E-state index in [0.29, 0.717) is 5.82 Å². The molecule has 88 heavy (non-hydrogen) atoms. The fourth-order valence-corrected chi connectivity index (χ4v) is 14.0. The van der Waals surface area contributed by atoms with Crippen LogP contribution < -0.4 is 0 Å². The van der Waals surface area contributed by atoms with Crippen molar-refractivity contribution >= 4 is 87.2 Å². The second-order valence-corrected chi connectivity index (χ2v) is 22.6. The number of benzene rings is 11. The van der Waals surface area contributed by atoms with E-state index in [4.69, 9.17) is 19.9 Å². The normalized spacial score (nSPS) is 11.9. The van der Waals surface area contributed by atoms with Gasteiger partial charge in [-0.1, -0.05) is 188 Å². The van der Waals surface area contributed by atoms with Crippen molar-refractivity contribution in [3.05, 3.63) is 304 Å². The van der Waals surface area contributed by atoms with Crippen LogP contribution in [0.4, 0.5) is 0 Å². The third-order valence-electron chi connectivity index (χ3n) is 17.8.